The molecule has 0 aliphatic carbocycles. The summed E-state index contributed by atoms with van der Waals surface area (Å²) < 4.78 is 1.87. The number of nitrogens with zero attached hydrogens (tertiary/aromatic N) is 3. The molecule has 0 bridgehead atoms. The molecule has 1 aromatic heterocycles. The first-order chi connectivity index (χ1) is 8.67. The molecule has 0 aromatic carbocycles. The van der Waals surface area contributed by atoms with Crippen molar-refractivity contribution in [2.75, 3.05) is 0 Å². The van der Waals surface area contributed by atoms with Gasteiger partial charge in [0.15, 0.2) is 0 Å². The predicted molar refractivity (Wildman–Crippen MR) is 78.6 cm³/mol. The zero-order valence-corrected chi connectivity index (χ0v) is 12.5. The van der Waals surface area contributed by atoms with Crippen molar-refractivity contribution in [3.8, 4) is 0 Å². The van der Waals surface area contributed by atoms with Crippen LogP contribution in [-0.2, 0) is 6.54 Å². The van der Waals surface area contributed by atoms with E-state index in [1.54, 1.807) is 0 Å². The third kappa shape index (κ3) is 5.80. The summed E-state index contributed by atoms with van der Waals surface area (Å²) in [4.78, 5) is 0. The van der Waals surface area contributed by atoms with Crippen LogP contribution in [0.5, 0.6) is 0 Å². The summed E-state index contributed by atoms with van der Waals surface area (Å²) in [5.74, 6) is 0.431. The quantitative estimate of drug-likeness (QED) is 0.702. The van der Waals surface area contributed by atoms with Crippen molar-refractivity contribution in [2.45, 2.75) is 59.9 Å². The summed E-state index contributed by atoms with van der Waals surface area (Å²) in [6.07, 6.45) is 8.36. The third-order valence-electron chi connectivity index (χ3n) is 2.45. The van der Waals surface area contributed by atoms with Gasteiger partial charge in [-0.1, -0.05) is 65.0 Å². The number of allylic oxidation sites excluding steroid dienone is 3. The van der Waals surface area contributed by atoms with Crippen LogP contribution in [-0.4, -0.2) is 15.0 Å². The maximum Gasteiger partial charge on any atom is 0.0852 e. The summed E-state index contributed by atoms with van der Waals surface area (Å²) in [6.45, 7) is 15.0. The monoisotopic (exact) mass is 249 g/mol. The second-order valence-corrected chi connectivity index (χ2v) is 4.27. The third-order valence-corrected chi connectivity index (χ3v) is 2.45. The lowest BCUT2D eigenvalue weighted by molar-refractivity contribution is 0.646. The van der Waals surface area contributed by atoms with E-state index in [1.165, 1.54) is 5.57 Å². The molecule has 0 N–H and O–H groups in total. The van der Waals surface area contributed by atoms with E-state index in [4.69, 9.17) is 0 Å². The molecule has 0 fully saturated rings. The number of rotatable bonds is 6. The molecule has 18 heavy (non-hydrogen) atoms. The van der Waals surface area contributed by atoms with Crippen molar-refractivity contribution in [2.24, 2.45) is 0 Å². The van der Waals surface area contributed by atoms with Gasteiger partial charge in [-0.15, -0.1) is 5.10 Å². The number of aromatic nitrogens is 3. The summed E-state index contributed by atoms with van der Waals surface area (Å²) in [5.41, 5.74) is 2.25. The smallest absolute Gasteiger partial charge is 0.0852 e. The van der Waals surface area contributed by atoms with Gasteiger partial charge in [0.2, 0.25) is 0 Å². The van der Waals surface area contributed by atoms with Crippen LogP contribution in [0.3, 0.4) is 0 Å². The number of hydrogen-bond acceptors (Lipinski definition) is 2. The average Bonchev–Trinajstić information content (AvgIpc) is 2.85. The van der Waals surface area contributed by atoms with E-state index < -0.39 is 0 Å². The SMILES string of the molecule is C=C/C(=C\CCC)Cn1cc(C(C)C)nn1.CC. The van der Waals surface area contributed by atoms with E-state index in [2.05, 4.69) is 43.7 Å². The Hall–Kier alpha value is -1.38. The zero-order chi connectivity index (χ0) is 14.0. The highest BCUT2D eigenvalue weighted by atomic mass is 15.4. The standard InChI is InChI=1S/C13H21N3.C2H6/c1-5-7-8-12(6-2)9-16-10-13(11(3)4)14-15-16;1-2/h6,8,10-11H,2,5,7,9H2,1,3-4H3;1-2H3/b12-8+;. The number of unbranched alkanes of at least 4 members (excludes halogenated alkanes) is 1. The van der Waals surface area contributed by atoms with Crippen LogP contribution >= 0.6 is 0 Å². The molecule has 1 aromatic rings. The number of hydrogen-bond donors (Lipinski definition) is 0. The minimum atomic E-state index is 0.431. The van der Waals surface area contributed by atoms with Gasteiger partial charge in [0.05, 0.1) is 12.2 Å². The Morgan fingerprint density at radius 3 is 2.56 bits per heavy atom. The highest BCUT2D eigenvalue weighted by Crippen LogP contribution is 2.10. The van der Waals surface area contributed by atoms with Crippen molar-refractivity contribution in [1.29, 1.82) is 0 Å². The predicted octanol–water partition coefficient (Wildman–Crippen LogP) is 4.34. The van der Waals surface area contributed by atoms with Crippen molar-refractivity contribution in [3.05, 3.63) is 36.2 Å². The fourth-order valence-corrected chi connectivity index (χ4v) is 1.38. The first kappa shape index (κ1) is 16.6. The Morgan fingerprint density at radius 1 is 1.44 bits per heavy atom. The maximum absolute atomic E-state index is 4.13. The van der Waals surface area contributed by atoms with Gasteiger partial charge >= 0.3 is 0 Å². The van der Waals surface area contributed by atoms with Crippen LogP contribution in [0.25, 0.3) is 0 Å². The lowest BCUT2D eigenvalue weighted by Gasteiger charge is -2.01. The molecule has 0 saturated carbocycles. The normalized spacial score (nSPS) is 11.1. The molecule has 0 atom stereocenters. The molecule has 0 saturated heterocycles. The molecule has 102 valence electrons. The van der Waals surface area contributed by atoms with Gasteiger partial charge in [-0.3, -0.25) is 0 Å². The van der Waals surface area contributed by atoms with E-state index in [0.29, 0.717) is 5.92 Å². The van der Waals surface area contributed by atoms with Gasteiger partial charge in [-0.05, 0) is 17.9 Å². The maximum atomic E-state index is 4.13. The van der Waals surface area contributed by atoms with Crippen molar-refractivity contribution < 1.29 is 0 Å². The molecule has 0 radical (unpaired) electrons. The van der Waals surface area contributed by atoms with Crippen LogP contribution in [0.4, 0.5) is 0 Å². The van der Waals surface area contributed by atoms with Gasteiger partial charge in [-0.2, -0.15) is 0 Å². The topological polar surface area (TPSA) is 30.7 Å². The van der Waals surface area contributed by atoms with Gasteiger partial charge in [0.25, 0.3) is 0 Å². The van der Waals surface area contributed by atoms with Gasteiger partial charge in [0.1, 0.15) is 0 Å². The highest BCUT2D eigenvalue weighted by Gasteiger charge is 2.04. The van der Waals surface area contributed by atoms with E-state index in [0.717, 1.165) is 25.1 Å². The van der Waals surface area contributed by atoms with E-state index in [-0.39, 0.29) is 0 Å². The lowest BCUT2D eigenvalue weighted by Crippen LogP contribution is -2.00. The van der Waals surface area contributed by atoms with Gasteiger partial charge in [-0.25, -0.2) is 4.68 Å². The van der Waals surface area contributed by atoms with E-state index >= 15 is 0 Å². The highest BCUT2D eigenvalue weighted by molar-refractivity contribution is 5.16. The second kappa shape index (κ2) is 9.63. The van der Waals surface area contributed by atoms with E-state index in [9.17, 15) is 0 Å². The van der Waals surface area contributed by atoms with Crippen LogP contribution in [0.15, 0.2) is 30.5 Å². The first-order valence-electron chi connectivity index (χ1n) is 6.88. The largest absolute Gasteiger partial charge is 0.248 e. The molecule has 0 amide bonds. The molecule has 1 rings (SSSR count). The summed E-state index contributed by atoms with van der Waals surface area (Å²) in [7, 11) is 0. The molecule has 0 aliphatic rings. The fourth-order valence-electron chi connectivity index (χ4n) is 1.38. The molecule has 3 nitrogen and oxygen atoms in total. The molecule has 3 heteroatoms. The Bertz CT molecular complexity index is 362. The van der Waals surface area contributed by atoms with Crippen molar-refractivity contribution in [3.63, 3.8) is 0 Å². The Labute approximate surface area is 112 Å². The Kier molecular flexibility index (Phi) is 8.89. The van der Waals surface area contributed by atoms with Crippen LogP contribution < -0.4 is 0 Å². The van der Waals surface area contributed by atoms with Crippen LogP contribution in [0.2, 0.25) is 0 Å². The van der Waals surface area contributed by atoms with E-state index in [1.807, 2.05) is 30.8 Å². The summed E-state index contributed by atoms with van der Waals surface area (Å²) in [5, 5.41) is 8.25. The molecule has 0 spiro atoms. The second-order valence-electron chi connectivity index (χ2n) is 4.27. The zero-order valence-electron chi connectivity index (χ0n) is 12.5. The molecule has 0 unspecified atom stereocenters. The van der Waals surface area contributed by atoms with Gasteiger partial charge < -0.3 is 0 Å². The fraction of sp³-hybridized carbons (Fsp3) is 0.600. The molecular formula is C15H27N3. The lowest BCUT2D eigenvalue weighted by atomic mass is 10.1. The summed E-state index contributed by atoms with van der Waals surface area (Å²) >= 11 is 0. The van der Waals surface area contributed by atoms with Crippen molar-refractivity contribution in [1.82, 2.24) is 15.0 Å². The van der Waals surface area contributed by atoms with Crippen LogP contribution in [0, 0.1) is 0 Å². The molecular weight excluding hydrogens is 222 g/mol. The summed E-state index contributed by atoms with van der Waals surface area (Å²) in [6, 6.07) is 0. The average molecular weight is 249 g/mol. The first-order valence-corrected chi connectivity index (χ1v) is 6.88. The van der Waals surface area contributed by atoms with Crippen LogP contribution in [0.1, 0.15) is 59.1 Å². The Morgan fingerprint density at radius 2 is 2.11 bits per heavy atom. The minimum Gasteiger partial charge on any atom is -0.248 e. The van der Waals surface area contributed by atoms with Crippen molar-refractivity contribution >= 4 is 0 Å². The van der Waals surface area contributed by atoms with Gasteiger partial charge in [0, 0.05) is 6.20 Å². The molecule has 1 heterocycles. The Balaban J connectivity index is 0.00000137. The molecule has 0 aliphatic heterocycles. The minimum absolute atomic E-state index is 0.431.